The van der Waals surface area contributed by atoms with Crippen LogP contribution >= 0.6 is 11.8 Å². The number of esters is 1. The van der Waals surface area contributed by atoms with Gasteiger partial charge in [-0.05, 0) is 33.1 Å². The van der Waals surface area contributed by atoms with Gasteiger partial charge in [-0.2, -0.15) is 0 Å². The molecule has 3 rings (SSSR count). The Hall–Kier alpha value is -1.28. The zero-order chi connectivity index (χ0) is 19.8. The minimum absolute atomic E-state index is 0.107. The Labute approximate surface area is 164 Å². The molecule has 0 aromatic heterocycles. The molecule has 152 valence electrons. The number of unbranched alkanes of at least 4 members (excludes halogenated alkanes) is 1. The molecule has 5 atom stereocenters. The Morgan fingerprint density at radius 1 is 1.37 bits per heavy atom. The van der Waals surface area contributed by atoms with E-state index in [2.05, 4.69) is 12.2 Å². The molecule has 3 fully saturated rings. The van der Waals surface area contributed by atoms with Gasteiger partial charge in [-0.3, -0.25) is 14.4 Å². The molecule has 8 heteroatoms. The van der Waals surface area contributed by atoms with Crippen molar-refractivity contribution in [3.05, 3.63) is 0 Å². The van der Waals surface area contributed by atoms with Crippen LogP contribution in [0.2, 0.25) is 0 Å². The molecular weight excluding hydrogens is 368 g/mol. The van der Waals surface area contributed by atoms with Gasteiger partial charge in [-0.1, -0.05) is 13.3 Å². The monoisotopic (exact) mass is 398 g/mol. The molecule has 27 heavy (non-hydrogen) atoms. The van der Waals surface area contributed by atoms with Crippen molar-refractivity contribution in [3.63, 3.8) is 0 Å². The molecule has 0 aromatic rings. The van der Waals surface area contributed by atoms with Gasteiger partial charge in [0.1, 0.15) is 6.04 Å². The number of hydrogen-bond donors (Lipinski definition) is 2. The Morgan fingerprint density at radius 3 is 2.74 bits per heavy atom. The standard InChI is InChI=1S/C19H30N2O5S/c1-4-6-9-20-15(23)14-19-8-7-18(3,27-19)13(17(25)26-5-2)12(19)16(24)21(14)10-11-22/h12-14,22H,4-11H2,1-3H3,(H,20,23)/t12-,13+,14?,18-,19?/m0/s1. The van der Waals surface area contributed by atoms with Crippen LogP contribution < -0.4 is 5.32 Å². The van der Waals surface area contributed by atoms with Crippen LogP contribution in [0, 0.1) is 11.8 Å². The molecule has 1 spiro atoms. The predicted molar refractivity (Wildman–Crippen MR) is 102 cm³/mol. The average molecular weight is 399 g/mol. The molecule has 3 aliphatic rings. The lowest BCUT2D eigenvalue weighted by Gasteiger charge is -2.34. The number of carbonyl (C=O) groups is 3. The summed E-state index contributed by atoms with van der Waals surface area (Å²) in [6.07, 6.45) is 3.33. The number of nitrogens with zero attached hydrogens (tertiary/aromatic N) is 1. The Bertz CT molecular complexity index is 629. The first-order valence-electron chi connectivity index (χ1n) is 9.92. The number of β-amino-alcohol motifs (C(OH)–C–C–N with tert-alkyl or cyclic N) is 1. The molecule has 0 aromatic carbocycles. The largest absolute Gasteiger partial charge is 0.466 e. The van der Waals surface area contributed by atoms with Crippen LogP contribution in [0.25, 0.3) is 0 Å². The topological polar surface area (TPSA) is 95.9 Å². The predicted octanol–water partition coefficient (Wildman–Crippen LogP) is 0.939. The summed E-state index contributed by atoms with van der Waals surface area (Å²) in [5.41, 5.74) is 0. The lowest BCUT2D eigenvalue weighted by Crippen LogP contribution is -2.54. The third-order valence-electron chi connectivity index (χ3n) is 6.24. The summed E-state index contributed by atoms with van der Waals surface area (Å²) in [4.78, 5) is 40.6. The van der Waals surface area contributed by atoms with E-state index in [-0.39, 0.29) is 42.3 Å². The Kier molecular flexibility index (Phi) is 5.77. The lowest BCUT2D eigenvalue weighted by atomic mass is 9.66. The lowest BCUT2D eigenvalue weighted by molar-refractivity contribution is -0.155. The van der Waals surface area contributed by atoms with Crippen molar-refractivity contribution < 1.29 is 24.2 Å². The van der Waals surface area contributed by atoms with Crippen molar-refractivity contribution in [2.75, 3.05) is 26.3 Å². The third kappa shape index (κ3) is 3.05. The third-order valence-corrected chi connectivity index (χ3v) is 8.22. The maximum absolute atomic E-state index is 13.3. The number of amides is 2. The quantitative estimate of drug-likeness (QED) is 0.467. The molecule has 2 amide bonds. The van der Waals surface area contributed by atoms with Gasteiger partial charge in [0.15, 0.2) is 0 Å². The van der Waals surface area contributed by atoms with Crippen LogP contribution in [-0.4, -0.2) is 69.6 Å². The second-order valence-corrected chi connectivity index (χ2v) is 9.78. The summed E-state index contributed by atoms with van der Waals surface area (Å²) in [7, 11) is 0. The molecule has 2 unspecified atom stereocenters. The van der Waals surface area contributed by atoms with Crippen molar-refractivity contribution in [2.45, 2.75) is 62.0 Å². The number of rotatable bonds is 8. The van der Waals surface area contributed by atoms with E-state index in [1.807, 2.05) is 6.92 Å². The highest BCUT2D eigenvalue weighted by Gasteiger charge is 2.77. The van der Waals surface area contributed by atoms with Gasteiger partial charge in [0, 0.05) is 17.8 Å². The van der Waals surface area contributed by atoms with Gasteiger partial charge >= 0.3 is 5.97 Å². The zero-order valence-corrected chi connectivity index (χ0v) is 17.1. The SMILES string of the molecule is CCCCNC(=O)C1N(CCO)C(=O)[C@@H]2[C@H](C(=O)OCC)[C@]3(C)CCC12S3. The number of nitrogens with one attached hydrogen (secondary N) is 1. The number of fused-ring (bicyclic) bond motifs is 1. The first-order valence-corrected chi connectivity index (χ1v) is 10.7. The normalized spacial score (nSPS) is 36.8. The highest BCUT2D eigenvalue weighted by Crippen LogP contribution is 2.71. The average Bonchev–Trinajstić information content (AvgIpc) is 3.17. The number of aliphatic hydroxyl groups excluding tert-OH is 1. The van der Waals surface area contributed by atoms with E-state index in [1.54, 1.807) is 18.7 Å². The summed E-state index contributed by atoms with van der Waals surface area (Å²) in [6.45, 7) is 6.56. The zero-order valence-electron chi connectivity index (χ0n) is 16.3. The van der Waals surface area contributed by atoms with Crippen LogP contribution in [0.3, 0.4) is 0 Å². The molecule has 0 radical (unpaired) electrons. The highest BCUT2D eigenvalue weighted by atomic mass is 32.2. The fourth-order valence-corrected chi connectivity index (χ4v) is 7.49. The summed E-state index contributed by atoms with van der Waals surface area (Å²) in [5, 5.41) is 12.4. The fourth-order valence-electron chi connectivity index (χ4n) is 5.15. The smallest absolute Gasteiger partial charge is 0.311 e. The fraction of sp³-hybridized carbons (Fsp3) is 0.842. The maximum atomic E-state index is 13.3. The molecule has 0 aliphatic carbocycles. The van der Waals surface area contributed by atoms with Crippen molar-refractivity contribution in [3.8, 4) is 0 Å². The molecular formula is C19H30N2O5S. The first-order chi connectivity index (χ1) is 12.9. The van der Waals surface area contributed by atoms with Crippen LogP contribution in [-0.2, 0) is 19.1 Å². The van der Waals surface area contributed by atoms with Crippen LogP contribution in [0.5, 0.6) is 0 Å². The molecule has 2 N–H and O–H groups in total. The van der Waals surface area contributed by atoms with Crippen molar-refractivity contribution in [1.82, 2.24) is 10.2 Å². The highest BCUT2D eigenvalue weighted by molar-refractivity contribution is 8.02. The maximum Gasteiger partial charge on any atom is 0.311 e. The van der Waals surface area contributed by atoms with Crippen LogP contribution in [0.4, 0.5) is 0 Å². The minimum atomic E-state index is -0.648. The first kappa shape index (κ1) is 20.5. The molecule has 0 saturated carbocycles. The van der Waals surface area contributed by atoms with E-state index < -0.39 is 22.6 Å². The van der Waals surface area contributed by atoms with Crippen molar-refractivity contribution >= 4 is 29.5 Å². The number of carbonyl (C=O) groups excluding carboxylic acids is 3. The number of aliphatic hydroxyl groups is 1. The number of likely N-dealkylation sites (tertiary alicyclic amines) is 1. The van der Waals surface area contributed by atoms with E-state index in [4.69, 9.17) is 4.74 Å². The van der Waals surface area contributed by atoms with Crippen molar-refractivity contribution in [1.29, 1.82) is 0 Å². The van der Waals surface area contributed by atoms with Gasteiger partial charge in [-0.25, -0.2) is 0 Å². The summed E-state index contributed by atoms with van der Waals surface area (Å²) in [5.74, 6) is -1.82. The van der Waals surface area contributed by atoms with Gasteiger partial charge in [0.2, 0.25) is 11.8 Å². The van der Waals surface area contributed by atoms with E-state index in [9.17, 15) is 19.5 Å². The number of thioether (sulfide) groups is 1. The second-order valence-electron chi connectivity index (χ2n) is 7.88. The summed E-state index contributed by atoms with van der Waals surface area (Å²) in [6, 6.07) is -0.648. The van der Waals surface area contributed by atoms with Gasteiger partial charge in [-0.15, -0.1) is 11.8 Å². The van der Waals surface area contributed by atoms with Gasteiger partial charge in [0.25, 0.3) is 0 Å². The van der Waals surface area contributed by atoms with Crippen LogP contribution in [0.15, 0.2) is 0 Å². The summed E-state index contributed by atoms with van der Waals surface area (Å²) < 4.78 is 4.29. The van der Waals surface area contributed by atoms with E-state index in [0.29, 0.717) is 13.0 Å². The van der Waals surface area contributed by atoms with E-state index >= 15 is 0 Å². The van der Waals surface area contributed by atoms with E-state index in [0.717, 1.165) is 19.3 Å². The minimum Gasteiger partial charge on any atom is -0.466 e. The number of hydrogen-bond acceptors (Lipinski definition) is 6. The van der Waals surface area contributed by atoms with Crippen LogP contribution in [0.1, 0.15) is 46.5 Å². The number of ether oxygens (including phenoxy) is 1. The Morgan fingerprint density at radius 2 is 2.11 bits per heavy atom. The molecule has 3 saturated heterocycles. The molecule has 2 bridgehead atoms. The van der Waals surface area contributed by atoms with Crippen molar-refractivity contribution in [2.24, 2.45) is 11.8 Å². The summed E-state index contributed by atoms with van der Waals surface area (Å²) >= 11 is 1.62. The molecule has 3 aliphatic heterocycles. The van der Waals surface area contributed by atoms with Gasteiger partial charge < -0.3 is 20.1 Å². The van der Waals surface area contributed by atoms with E-state index in [1.165, 1.54) is 4.90 Å². The van der Waals surface area contributed by atoms with Gasteiger partial charge in [0.05, 0.1) is 29.8 Å². The molecule has 7 nitrogen and oxygen atoms in total. The second kappa shape index (κ2) is 7.62. The Balaban J connectivity index is 1.96. The molecule has 3 heterocycles.